The molecule has 0 radical (unpaired) electrons. The molecule has 29 heavy (non-hydrogen) atoms. The molecule has 0 heterocycles. The van der Waals surface area contributed by atoms with E-state index in [9.17, 15) is 4.79 Å². The Hall–Kier alpha value is -0.570. The van der Waals surface area contributed by atoms with E-state index in [1.54, 1.807) is 0 Å². The highest BCUT2D eigenvalue weighted by molar-refractivity contribution is 5.69. The lowest BCUT2D eigenvalue weighted by Crippen LogP contribution is -2.26. The highest BCUT2D eigenvalue weighted by Gasteiger charge is 2.09. The molecule has 3 heteroatoms. The van der Waals surface area contributed by atoms with E-state index < -0.39 is 6.23 Å². The van der Waals surface area contributed by atoms with Crippen LogP contribution in [-0.4, -0.2) is 12.2 Å². The number of hydrogen-bond acceptors (Lipinski definition) is 3. The van der Waals surface area contributed by atoms with E-state index in [-0.39, 0.29) is 5.97 Å². The minimum atomic E-state index is -0.402. The highest BCUT2D eigenvalue weighted by Crippen LogP contribution is 2.14. The fourth-order valence-electron chi connectivity index (χ4n) is 3.88. The number of esters is 1. The van der Waals surface area contributed by atoms with Gasteiger partial charge in [-0.1, -0.05) is 129 Å². The smallest absolute Gasteiger partial charge is 0.307 e. The van der Waals surface area contributed by atoms with Crippen molar-refractivity contribution in [1.29, 1.82) is 0 Å². The number of hydrogen-bond donors (Lipinski definition) is 1. The van der Waals surface area contributed by atoms with Gasteiger partial charge in [0.1, 0.15) is 0 Å². The van der Waals surface area contributed by atoms with Crippen LogP contribution in [0, 0.1) is 0 Å². The SMILES string of the molecule is CCCCCCCCCCCCCCCCCC(=O)OC(N)CCCCCCC. The lowest BCUT2D eigenvalue weighted by molar-refractivity contribution is -0.149. The van der Waals surface area contributed by atoms with Crippen LogP contribution in [0.2, 0.25) is 0 Å². The molecule has 0 aliphatic carbocycles. The molecule has 0 fully saturated rings. The number of carbonyl (C=O) groups is 1. The summed E-state index contributed by atoms with van der Waals surface area (Å²) >= 11 is 0. The Morgan fingerprint density at radius 3 is 1.34 bits per heavy atom. The van der Waals surface area contributed by atoms with E-state index in [1.807, 2.05) is 0 Å². The summed E-state index contributed by atoms with van der Waals surface area (Å²) in [4.78, 5) is 11.8. The van der Waals surface area contributed by atoms with Gasteiger partial charge in [0.05, 0.1) is 0 Å². The summed E-state index contributed by atoms with van der Waals surface area (Å²) in [5, 5.41) is 0. The normalized spacial score (nSPS) is 12.2. The van der Waals surface area contributed by atoms with Gasteiger partial charge in [0.25, 0.3) is 0 Å². The molecule has 0 spiro atoms. The number of rotatable bonds is 23. The average molecular weight is 412 g/mol. The van der Waals surface area contributed by atoms with Crippen molar-refractivity contribution < 1.29 is 9.53 Å². The predicted octanol–water partition coefficient (Wildman–Crippen LogP) is 8.44. The number of ether oxygens (including phenoxy) is 1. The fraction of sp³-hybridized carbons (Fsp3) is 0.962. The van der Waals surface area contributed by atoms with Crippen LogP contribution in [0.15, 0.2) is 0 Å². The van der Waals surface area contributed by atoms with Gasteiger partial charge in [-0.3, -0.25) is 10.5 Å². The highest BCUT2D eigenvalue weighted by atomic mass is 16.6. The molecule has 0 aromatic carbocycles. The molecule has 174 valence electrons. The number of nitrogens with two attached hydrogens (primary N) is 1. The van der Waals surface area contributed by atoms with Gasteiger partial charge in [-0.25, -0.2) is 0 Å². The first-order valence-electron chi connectivity index (χ1n) is 13.2. The van der Waals surface area contributed by atoms with Crippen LogP contribution < -0.4 is 5.73 Å². The van der Waals surface area contributed by atoms with Crippen molar-refractivity contribution >= 4 is 5.97 Å². The van der Waals surface area contributed by atoms with Crippen LogP contribution in [0.4, 0.5) is 0 Å². The van der Waals surface area contributed by atoms with Crippen LogP contribution >= 0.6 is 0 Å². The average Bonchev–Trinajstić information content (AvgIpc) is 2.70. The van der Waals surface area contributed by atoms with E-state index in [4.69, 9.17) is 10.5 Å². The van der Waals surface area contributed by atoms with Crippen molar-refractivity contribution in [3.63, 3.8) is 0 Å². The molecule has 1 unspecified atom stereocenters. The minimum Gasteiger partial charge on any atom is -0.447 e. The minimum absolute atomic E-state index is 0.110. The third-order valence-electron chi connectivity index (χ3n) is 5.86. The fourth-order valence-corrected chi connectivity index (χ4v) is 3.88. The van der Waals surface area contributed by atoms with Crippen molar-refractivity contribution in [3.05, 3.63) is 0 Å². The Morgan fingerprint density at radius 1 is 0.586 bits per heavy atom. The Bertz CT molecular complexity index is 333. The van der Waals surface area contributed by atoms with Gasteiger partial charge in [-0.05, 0) is 19.3 Å². The summed E-state index contributed by atoms with van der Waals surface area (Å²) in [5.74, 6) is -0.110. The Balaban J connectivity index is 3.24. The van der Waals surface area contributed by atoms with E-state index in [1.165, 1.54) is 109 Å². The van der Waals surface area contributed by atoms with Crippen molar-refractivity contribution in [3.8, 4) is 0 Å². The lowest BCUT2D eigenvalue weighted by atomic mass is 10.0. The first kappa shape index (κ1) is 28.4. The molecule has 0 aliphatic heterocycles. The van der Waals surface area contributed by atoms with Gasteiger partial charge in [0.2, 0.25) is 0 Å². The van der Waals surface area contributed by atoms with E-state index in [2.05, 4.69) is 13.8 Å². The van der Waals surface area contributed by atoms with Crippen molar-refractivity contribution in [1.82, 2.24) is 0 Å². The summed E-state index contributed by atoms with van der Waals surface area (Å²) in [6.45, 7) is 4.49. The predicted molar refractivity (Wildman–Crippen MR) is 127 cm³/mol. The van der Waals surface area contributed by atoms with Gasteiger partial charge in [-0.15, -0.1) is 0 Å². The van der Waals surface area contributed by atoms with Crippen molar-refractivity contribution in [2.24, 2.45) is 5.73 Å². The number of carbonyl (C=O) groups excluding carboxylic acids is 1. The Labute approximate surface area is 182 Å². The zero-order valence-electron chi connectivity index (χ0n) is 20.0. The Kier molecular flexibility index (Phi) is 23.2. The molecule has 0 rings (SSSR count). The van der Waals surface area contributed by atoms with Crippen LogP contribution in [-0.2, 0) is 9.53 Å². The van der Waals surface area contributed by atoms with Crippen LogP contribution in [0.25, 0.3) is 0 Å². The summed E-state index contributed by atoms with van der Waals surface area (Å²) < 4.78 is 5.31. The van der Waals surface area contributed by atoms with Gasteiger partial charge in [0.15, 0.2) is 6.23 Å². The maximum atomic E-state index is 11.8. The lowest BCUT2D eigenvalue weighted by Gasteiger charge is -2.13. The second-order valence-electron chi connectivity index (χ2n) is 8.93. The topological polar surface area (TPSA) is 52.3 Å². The molecule has 0 aromatic heterocycles. The maximum absolute atomic E-state index is 11.8. The van der Waals surface area contributed by atoms with Crippen LogP contribution in [0.3, 0.4) is 0 Å². The van der Waals surface area contributed by atoms with Gasteiger partial charge in [-0.2, -0.15) is 0 Å². The largest absolute Gasteiger partial charge is 0.447 e. The van der Waals surface area contributed by atoms with E-state index in [0.717, 1.165) is 25.7 Å². The molecule has 0 bridgehead atoms. The molecule has 0 amide bonds. The molecular weight excluding hydrogens is 358 g/mol. The van der Waals surface area contributed by atoms with E-state index >= 15 is 0 Å². The van der Waals surface area contributed by atoms with Crippen molar-refractivity contribution in [2.75, 3.05) is 0 Å². The quantitative estimate of drug-likeness (QED) is 0.104. The second-order valence-corrected chi connectivity index (χ2v) is 8.93. The van der Waals surface area contributed by atoms with Crippen LogP contribution in [0.1, 0.15) is 155 Å². The first-order valence-corrected chi connectivity index (χ1v) is 13.2. The van der Waals surface area contributed by atoms with Gasteiger partial charge < -0.3 is 4.74 Å². The number of unbranched alkanes of at least 4 members (excludes halogenated alkanes) is 18. The third-order valence-corrected chi connectivity index (χ3v) is 5.86. The molecule has 1 atom stereocenters. The van der Waals surface area contributed by atoms with Gasteiger partial charge in [0, 0.05) is 6.42 Å². The standard InChI is InChI=1S/C26H53NO2/c1-3-5-7-9-10-11-12-13-14-15-16-17-18-20-22-24-26(28)29-25(27)23-21-19-8-6-4-2/h25H,3-24,27H2,1-2H3. The molecule has 0 aliphatic rings. The van der Waals surface area contributed by atoms with Gasteiger partial charge >= 0.3 is 5.97 Å². The zero-order chi connectivity index (χ0) is 21.4. The van der Waals surface area contributed by atoms with Crippen LogP contribution in [0.5, 0.6) is 0 Å². The van der Waals surface area contributed by atoms with E-state index in [0.29, 0.717) is 6.42 Å². The first-order chi connectivity index (χ1) is 14.2. The second kappa shape index (κ2) is 23.7. The monoisotopic (exact) mass is 411 g/mol. The third kappa shape index (κ3) is 23.6. The zero-order valence-corrected chi connectivity index (χ0v) is 20.0. The maximum Gasteiger partial charge on any atom is 0.307 e. The van der Waals surface area contributed by atoms with Crippen molar-refractivity contribution in [2.45, 2.75) is 161 Å². The Morgan fingerprint density at radius 2 is 0.931 bits per heavy atom. The summed E-state index contributed by atoms with van der Waals surface area (Å²) in [5.41, 5.74) is 5.90. The molecular formula is C26H53NO2. The summed E-state index contributed by atoms with van der Waals surface area (Å²) in [6.07, 6.45) is 27.1. The molecule has 0 saturated carbocycles. The summed E-state index contributed by atoms with van der Waals surface area (Å²) in [7, 11) is 0. The molecule has 2 N–H and O–H groups in total. The molecule has 3 nitrogen and oxygen atoms in total. The summed E-state index contributed by atoms with van der Waals surface area (Å²) in [6, 6.07) is 0. The molecule has 0 saturated heterocycles. The molecule has 0 aromatic rings.